The predicted octanol–water partition coefficient (Wildman–Crippen LogP) is 6.80. The zero-order valence-corrected chi connectivity index (χ0v) is 23.4. The van der Waals surface area contributed by atoms with E-state index in [1.54, 1.807) is 6.20 Å². The molecule has 3 aromatic carbocycles. The first-order valence-corrected chi connectivity index (χ1v) is 14.0. The monoisotopic (exact) mass is 569 g/mol. The third-order valence-corrected chi connectivity index (χ3v) is 8.43. The lowest BCUT2D eigenvalue weighted by Crippen LogP contribution is -2.03. The summed E-state index contributed by atoms with van der Waals surface area (Å²) in [5.74, 6) is 0.437. The second-order valence-electron chi connectivity index (χ2n) is 10.8. The van der Waals surface area contributed by atoms with Gasteiger partial charge in [0.05, 0.1) is 39.5 Å². The maximum Gasteiger partial charge on any atom is 0.234 e. The average molecular weight is 570 g/mol. The standard InChI is InChI=1S/C34H19N9O/c1-18-22(15-35)30-38-25-7-3-5-9-27(25)41(30)33-24(18)17-37-43(33)21-13-11-20(12-14-21)32-40-29-19(2)23(16-36)31-39-26-8-4-6-10-28(26)42(31)34(29)44-32/h3-14,17H,1-2H3. The van der Waals surface area contributed by atoms with Crippen LogP contribution in [0, 0.1) is 36.5 Å². The zero-order valence-electron chi connectivity index (χ0n) is 23.4. The molecule has 0 radical (unpaired) electrons. The molecular formula is C34H19N9O. The number of nitriles is 2. The van der Waals surface area contributed by atoms with Crippen molar-refractivity contribution in [3.05, 3.63) is 101 Å². The normalized spacial score (nSPS) is 11.8. The van der Waals surface area contributed by atoms with Crippen molar-refractivity contribution in [3.63, 3.8) is 0 Å². The smallest absolute Gasteiger partial charge is 0.234 e. The van der Waals surface area contributed by atoms with Gasteiger partial charge in [0.25, 0.3) is 0 Å². The first-order valence-electron chi connectivity index (χ1n) is 14.0. The molecule has 0 aliphatic rings. The molecule has 0 saturated carbocycles. The number of aryl methyl sites for hydroxylation is 2. The molecule has 10 heteroatoms. The number of hydrogen-bond acceptors (Lipinski definition) is 7. The minimum atomic E-state index is 0.437. The van der Waals surface area contributed by atoms with Crippen molar-refractivity contribution < 1.29 is 4.42 Å². The Morgan fingerprint density at radius 1 is 0.705 bits per heavy atom. The number of rotatable bonds is 2. The number of imidazole rings is 2. The largest absolute Gasteiger partial charge is 0.419 e. The van der Waals surface area contributed by atoms with Crippen LogP contribution in [0.25, 0.3) is 72.8 Å². The predicted molar refractivity (Wildman–Crippen MR) is 165 cm³/mol. The van der Waals surface area contributed by atoms with Crippen LogP contribution in [0.15, 0.2) is 83.4 Å². The Kier molecular flexibility index (Phi) is 4.66. The number of para-hydroxylation sites is 4. The Morgan fingerprint density at radius 2 is 1.32 bits per heavy atom. The molecular weight excluding hydrogens is 550 g/mol. The molecule has 0 spiro atoms. The van der Waals surface area contributed by atoms with Gasteiger partial charge < -0.3 is 4.42 Å². The fourth-order valence-corrected chi connectivity index (χ4v) is 6.25. The van der Waals surface area contributed by atoms with Gasteiger partial charge in [-0.1, -0.05) is 24.3 Å². The second kappa shape index (κ2) is 8.51. The summed E-state index contributed by atoms with van der Waals surface area (Å²) in [5, 5.41) is 25.6. The van der Waals surface area contributed by atoms with Gasteiger partial charge in [-0.15, -0.1) is 0 Å². The highest BCUT2D eigenvalue weighted by atomic mass is 16.4. The van der Waals surface area contributed by atoms with Gasteiger partial charge in [-0.2, -0.15) is 15.6 Å². The molecule has 206 valence electrons. The highest BCUT2D eigenvalue weighted by Crippen LogP contribution is 2.34. The molecule has 0 aliphatic heterocycles. The third-order valence-electron chi connectivity index (χ3n) is 8.43. The lowest BCUT2D eigenvalue weighted by Gasteiger charge is -2.09. The van der Waals surface area contributed by atoms with E-state index >= 15 is 0 Å². The number of fused-ring (bicyclic) bond motifs is 10. The number of pyridine rings is 2. The van der Waals surface area contributed by atoms with Crippen molar-refractivity contribution in [3.8, 4) is 29.3 Å². The summed E-state index contributed by atoms with van der Waals surface area (Å²) in [5.41, 5.74) is 10.7. The Balaban J connectivity index is 1.24. The molecule has 6 aromatic heterocycles. The molecule has 0 amide bonds. The van der Waals surface area contributed by atoms with Gasteiger partial charge >= 0.3 is 0 Å². The van der Waals surface area contributed by atoms with E-state index in [9.17, 15) is 10.5 Å². The van der Waals surface area contributed by atoms with Crippen molar-refractivity contribution in [1.82, 2.24) is 33.5 Å². The van der Waals surface area contributed by atoms with Gasteiger partial charge in [-0.25, -0.2) is 19.6 Å². The summed E-state index contributed by atoms with van der Waals surface area (Å²) in [6, 6.07) is 28.1. The molecule has 9 aromatic rings. The van der Waals surface area contributed by atoms with Crippen LogP contribution in [-0.4, -0.2) is 33.5 Å². The van der Waals surface area contributed by atoms with Crippen molar-refractivity contribution in [2.75, 3.05) is 0 Å². The minimum Gasteiger partial charge on any atom is -0.419 e. The van der Waals surface area contributed by atoms with Crippen molar-refractivity contribution in [2.45, 2.75) is 13.8 Å². The summed E-state index contributed by atoms with van der Waals surface area (Å²) in [7, 11) is 0. The quantitative estimate of drug-likeness (QED) is 0.224. The highest BCUT2D eigenvalue weighted by molar-refractivity contribution is 5.95. The molecule has 44 heavy (non-hydrogen) atoms. The van der Waals surface area contributed by atoms with Crippen LogP contribution in [0.5, 0.6) is 0 Å². The molecule has 0 saturated heterocycles. The van der Waals surface area contributed by atoms with Gasteiger partial charge in [-0.05, 0) is 67.9 Å². The van der Waals surface area contributed by atoms with Crippen molar-refractivity contribution in [2.24, 2.45) is 0 Å². The van der Waals surface area contributed by atoms with Crippen LogP contribution in [0.2, 0.25) is 0 Å². The summed E-state index contributed by atoms with van der Waals surface area (Å²) in [6.07, 6.45) is 1.80. The lowest BCUT2D eigenvalue weighted by atomic mass is 10.1. The highest BCUT2D eigenvalue weighted by Gasteiger charge is 2.23. The second-order valence-corrected chi connectivity index (χ2v) is 10.8. The van der Waals surface area contributed by atoms with Crippen LogP contribution in [0.3, 0.4) is 0 Å². The fourth-order valence-electron chi connectivity index (χ4n) is 6.25. The van der Waals surface area contributed by atoms with E-state index in [0.29, 0.717) is 39.5 Å². The average Bonchev–Trinajstić information content (AvgIpc) is 3.84. The number of hydrogen-bond donors (Lipinski definition) is 0. The summed E-state index contributed by atoms with van der Waals surface area (Å²) in [6.45, 7) is 3.81. The number of benzene rings is 3. The molecule has 0 unspecified atom stereocenters. The molecule has 9 rings (SSSR count). The van der Waals surface area contributed by atoms with E-state index in [0.717, 1.165) is 55.5 Å². The van der Waals surface area contributed by atoms with Gasteiger partial charge in [-0.3, -0.25) is 8.80 Å². The SMILES string of the molecule is Cc1c(C#N)c2nc3ccccc3n2c2c1cnn2-c1ccc(-c2nc3c(C)c(C#N)c4nc5ccccc5n4c3o2)cc1. The van der Waals surface area contributed by atoms with Gasteiger partial charge in [0, 0.05) is 16.5 Å². The zero-order chi connectivity index (χ0) is 29.7. The third kappa shape index (κ3) is 3.00. The Labute approximate surface area is 248 Å². The van der Waals surface area contributed by atoms with Crippen LogP contribution < -0.4 is 0 Å². The van der Waals surface area contributed by atoms with Crippen LogP contribution in [0.1, 0.15) is 22.3 Å². The van der Waals surface area contributed by atoms with Crippen molar-refractivity contribution in [1.29, 1.82) is 10.5 Å². The Hall–Kier alpha value is -6.52. The van der Waals surface area contributed by atoms with Gasteiger partial charge in [0.1, 0.15) is 28.9 Å². The lowest BCUT2D eigenvalue weighted by molar-refractivity contribution is 0.604. The van der Waals surface area contributed by atoms with E-state index in [1.165, 1.54) is 0 Å². The van der Waals surface area contributed by atoms with E-state index in [1.807, 2.05) is 100 Å². The maximum atomic E-state index is 9.99. The first kappa shape index (κ1) is 24.1. The van der Waals surface area contributed by atoms with E-state index in [2.05, 4.69) is 12.1 Å². The molecule has 10 nitrogen and oxygen atoms in total. The number of oxazole rings is 1. The van der Waals surface area contributed by atoms with Crippen LogP contribution in [0.4, 0.5) is 0 Å². The van der Waals surface area contributed by atoms with Crippen LogP contribution in [-0.2, 0) is 0 Å². The molecule has 0 N–H and O–H groups in total. The van der Waals surface area contributed by atoms with Gasteiger partial charge in [0.2, 0.25) is 11.6 Å². The molecule has 0 aliphatic carbocycles. The summed E-state index contributed by atoms with van der Waals surface area (Å²) in [4.78, 5) is 14.3. The van der Waals surface area contributed by atoms with Crippen LogP contribution >= 0.6 is 0 Å². The van der Waals surface area contributed by atoms with Crippen molar-refractivity contribution >= 4 is 55.6 Å². The molecule has 6 heterocycles. The minimum absolute atomic E-state index is 0.437. The molecule has 0 fully saturated rings. The number of nitrogens with zero attached hydrogens (tertiary/aromatic N) is 9. The fraction of sp³-hybridized carbons (Fsp3) is 0.0588. The van der Waals surface area contributed by atoms with E-state index in [-0.39, 0.29) is 0 Å². The maximum absolute atomic E-state index is 9.99. The summed E-state index contributed by atoms with van der Waals surface area (Å²) < 4.78 is 12.1. The molecule has 0 atom stereocenters. The summed E-state index contributed by atoms with van der Waals surface area (Å²) >= 11 is 0. The Bertz CT molecular complexity index is 2760. The van der Waals surface area contributed by atoms with E-state index in [4.69, 9.17) is 24.5 Å². The number of aromatic nitrogens is 7. The van der Waals surface area contributed by atoms with E-state index < -0.39 is 0 Å². The van der Waals surface area contributed by atoms with Gasteiger partial charge in [0.15, 0.2) is 11.3 Å². The Morgan fingerprint density at radius 3 is 2.00 bits per heavy atom. The first-order chi connectivity index (χ1) is 21.6. The molecule has 0 bridgehead atoms. The topological polar surface area (TPSA) is 126 Å².